The van der Waals surface area contributed by atoms with Crippen molar-refractivity contribution in [1.29, 1.82) is 0 Å². The first-order valence-corrected chi connectivity index (χ1v) is 12.0. The summed E-state index contributed by atoms with van der Waals surface area (Å²) in [4.78, 5) is 30.2. The van der Waals surface area contributed by atoms with Crippen LogP contribution in [0.3, 0.4) is 0 Å². The average Bonchev–Trinajstić information content (AvgIpc) is 2.84. The highest BCUT2D eigenvalue weighted by Gasteiger charge is 2.14. The molecule has 0 radical (unpaired) electrons. The summed E-state index contributed by atoms with van der Waals surface area (Å²) in [5.74, 6) is 0.242. The fraction of sp³-hybridized carbons (Fsp3) is 0.111. The van der Waals surface area contributed by atoms with Gasteiger partial charge in [-0.1, -0.05) is 65.6 Å². The van der Waals surface area contributed by atoms with Crippen molar-refractivity contribution < 1.29 is 9.53 Å². The molecule has 0 aliphatic heterocycles. The molecule has 1 heterocycles. The predicted octanol–water partition coefficient (Wildman–Crippen LogP) is 6.44. The first-order valence-electron chi connectivity index (χ1n) is 10.8. The molecule has 0 amide bonds. The molecule has 6 nitrogen and oxygen atoms in total. The van der Waals surface area contributed by atoms with E-state index < -0.39 is 5.97 Å². The first kappa shape index (κ1) is 24.6. The van der Waals surface area contributed by atoms with Crippen molar-refractivity contribution in [2.24, 2.45) is 5.10 Å². The third kappa shape index (κ3) is 5.93. The first-order chi connectivity index (χ1) is 16.8. The molecule has 4 rings (SSSR count). The van der Waals surface area contributed by atoms with Gasteiger partial charge >= 0.3 is 5.97 Å². The molecule has 4 aromatic rings. The molecule has 0 saturated carbocycles. The molecule has 0 unspecified atom stereocenters. The van der Waals surface area contributed by atoms with Gasteiger partial charge in [0.2, 0.25) is 0 Å². The maximum atomic E-state index is 13.1. The van der Waals surface area contributed by atoms with Crippen molar-refractivity contribution in [3.05, 3.63) is 110 Å². The molecule has 8 heteroatoms. The van der Waals surface area contributed by atoms with Crippen LogP contribution < -0.4 is 10.3 Å². The van der Waals surface area contributed by atoms with Crippen LogP contribution in [0.5, 0.6) is 5.75 Å². The second-order valence-corrected chi connectivity index (χ2v) is 9.34. The van der Waals surface area contributed by atoms with E-state index in [4.69, 9.17) is 16.3 Å². The summed E-state index contributed by atoms with van der Waals surface area (Å²) in [7, 11) is 0. The number of carbonyl (C=O) groups is 1. The van der Waals surface area contributed by atoms with Crippen LogP contribution >= 0.6 is 27.5 Å². The summed E-state index contributed by atoms with van der Waals surface area (Å²) < 4.78 is 7.60. The number of carbonyl (C=O) groups excluding carboxylic acids is 1. The number of esters is 1. The molecule has 0 bridgehead atoms. The molecule has 0 aliphatic rings. The smallest absolute Gasteiger partial charge is 0.336 e. The number of aromatic nitrogens is 2. The standard InChI is InChI=1S/C27H21BrClN3O3/c1-17(2)26-31-23-6-4-3-5-22(23)27(34)32(26)30-16-19-15-20(28)10-13-24(19)35-25(33)14-9-18-7-11-21(29)12-8-18/h3-17H,1-2H3/b14-9+,30-16?. The van der Waals surface area contributed by atoms with E-state index in [1.807, 2.05) is 19.9 Å². The quantitative estimate of drug-likeness (QED) is 0.120. The van der Waals surface area contributed by atoms with Gasteiger partial charge in [0.05, 0.1) is 17.1 Å². The van der Waals surface area contributed by atoms with Gasteiger partial charge in [-0.05, 0) is 54.1 Å². The fourth-order valence-corrected chi connectivity index (χ4v) is 3.84. The fourth-order valence-electron chi connectivity index (χ4n) is 3.34. The van der Waals surface area contributed by atoms with Crippen molar-refractivity contribution in [3.8, 4) is 5.75 Å². The Bertz CT molecular complexity index is 1510. The van der Waals surface area contributed by atoms with Crippen LogP contribution in [-0.4, -0.2) is 21.8 Å². The van der Waals surface area contributed by atoms with Crippen LogP contribution in [0.1, 0.15) is 36.7 Å². The highest BCUT2D eigenvalue weighted by molar-refractivity contribution is 9.10. The number of hydrogen-bond acceptors (Lipinski definition) is 5. The van der Waals surface area contributed by atoms with Crippen LogP contribution in [0.4, 0.5) is 0 Å². The van der Waals surface area contributed by atoms with Crippen molar-refractivity contribution >= 4 is 56.7 Å². The van der Waals surface area contributed by atoms with Gasteiger partial charge < -0.3 is 4.74 Å². The Morgan fingerprint density at radius 1 is 1.11 bits per heavy atom. The molecule has 0 aliphatic carbocycles. The van der Waals surface area contributed by atoms with E-state index in [9.17, 15) is 9.59 Å². The molecule has 3 aromatic carbocycles. The maximum Gasteiger partial charge on any atom is 0.336 e. The zero-order chi connectivity index (χ0) is 24.9. The normalized spacial score (nSPS) is 11.7. The molecule has 0 N–H and O–H groups in total. The molecular formula is C27H21BrClN3O3. The second-order valence-electron chi connectivity index (χ2n) is 7.99. The molecule has 176 valence electrons. The SMILES string of the molecule is CC(C)c1nc2ccccc2c(=O)n1N=Cc1cc(Br)ccc1OC(=O)/C=C/c1ccc(Cl)cc1. The summed E-state index contributed by atoms with van der Waals surface area (Å²) in [6.07, 6.45) is 4.46. The third-order valence-corrected chi connectivity index (χ3v) is 5.82. The van der Waals surface area contributed by atoms with Gasteiger partial charge in [-0.15, -0.1) is 0 Å². The second kappa shape index (κ2) is 10.8. The Balaban J connectivity index is 1.65. The number of nitrogens with zero attached hydrogens (tertiary/aromatic N) is 3. The zero-order valence-electron chi connectivity index (χ0n) is 19.0. The van der Waals surface area contributed by atoms with Gasteiger partial charge in [-0.2, -0.15) is 9.78 Å². The number of fused-ring (bicyclic) bond motifs is 1. The number of benzene rings is 3. The van der Waals surface area contributed by atoms with Crippen molar-refractivity contribution in [3.63, 3.8) is 0 Å². The van der Waals surface area contributed by atoms with E-state index in [-0.39, 0.29) is 11.5 Å². The van der Waals surface area contributed by atoms with E-state index in [1.165, 1.54) is 17.0 Å². The van der Waals surface area contributed by atoms with Gasteiger partial charge in [-0.3, -0.25) is 4.79 Å². The van der Waals surface area contributed by atoms with Crippen LogP contribution in [0, 0.1) is 0 Å². The highest BCUT2D eigenvalue weighted by Crippen LogP contribution is 2.23. The maximum absolute atomic E-state index is 13.1. The number of hydrogen-bond donors (Lipinski definition) is 0. The van der Waals surface area contributed by atoms with Gasteiger partial charge in [-0.25, -0.2) is 9.78 Å². The van der Waals surface area contributed by atoms with Crippen LogP contribution in [0.15, 0.2) is 87.2 Å². The van der Waals surface area contributed by atoms with Crippen molar-refractivity contribution in [2.45, 2.75) is 19.8 Å². The summed E-state index contributed by atoms with van der Waals surface area (Å²) in [6, 6.07) is 19.4. The predicted molar refractivity (Wildman–Crippen MR) is 143 cm³/mol. The molecule has 0 spiro atoms. The lowest BCUT2D eigenvalue weighted by molar-refractivity contribution is -0.128. The molecule has 0 fully saturated rings. The number of halogens is 2. The Labute approximate surface area is 215 Å². The topological polar surface area (TPSA) is 73.6 Å². The molecule has 0 saturated heterocycles. The minimum absolute atomic E-state index is 0.0396. The number of ether oxygens (including phenoxy) is 1. The Kier molecular flexibility index (Phi) is 7.58. The van der Waals surface area contributed by atoms with Gasteiger partial charge in [0.25, 0.3) is 5.56 Å². The Morgan fingerprint density at radius 2 is 1.86 bits per heavy atom. The zero-order valence-corrected chi connectivity index (χ0v) is 21.3. The number of para-hydroxylation sites is 1. The average molecular weight is 551 g/mol. The minimum atomic E-state index is -0.552. The number of rotatable bonds is 6. The van der Waals surface area contributed by atoms with Crippen LogP contribution in [0.2, 0.25) is 5.02 Å². The lowest BCUT2D eigenvalue weighted by Crippen LogP contribution is -2.23. The summed E-state index contributed by atoms with van der Waals surface area (Å²) in [5.41, 5.74) is 1.68. The van der Waals surface area contributed by atoms with E-state index in [2.05, 4.69) is 26.0 Å². The third-order valence-electron chi connectivity index (χ3n) is 5.07. The monoisotopic (exact) mass is 549 g/mol. The van der Waals surface area contributed by atoms with E-state index in [1.54, 1.807) is 66.7 Å². The summed E-state index contributed by atoms with van der Waals surface area (Å²) >= 11 is 9.33. The van der Waals surface area contributed by atoms with Crippen LogP contribution in [-0.2, 0) is 4.79 Å². The Hall–Kier alpha value is -3.55. The molecular weight excluding hydrogens is 530 g/mol. The highest BCUT2D eigenvalue weighted by atomic mass is 79.9. The lowest BCUT2D eigenvalue weighted by Gasteiger charge is -2.12. The van der Waals surface area contributed by atoms with Crippen LogP contribution in [0.25, 0.3) is 17.0 Å². The van der Waals surface area contributed by atoms with Gasteiger partial charge in [0, 0.05) is 27.1 Å². The van der Waals surface area contributed by atoms with E-state index >= 15 is 0 Å². The lowest BCUT2D eigenvalue weighted by atomic mass is 10.2. The summed E-state index contributed by atoms with van der Waals surface area (Å²) in [5, 5.41) is 5.52. The van der Waals surface area contributed by atoms with E-state index in [0.29, 0.717) is 33.1 Å². The molecule has 35 heavy (non-hydrogen) atoms. The Morgan fingerprint density at radius 3 is 2.60 bits per heavy atom. The van der Waals surface area contributed by atoms with Crippen molar-refractivity contribution in [1.82, 2.24) is 9.66 Å². The van der Waals surface area contributed by atoms with Crippen molar-refractivity contribution in [2.75, 3.05) is 0 Å². The summed E-state index contributed by atoms with van der Waals surface area (Å²) in [6.45, 7) is 3.89. The van der Waals surface area contributed by atoms with E-state index in [0.717, 1.165) is 10.0 Å². The van der Waals surface area contributed by atoms with Gasteiger partial charge in [0.1, 0.15) is 11.6 Å². The molecule has 1 aromatic heterocycles. The van der Waals surface area contributed by atoms with Gasteiger partial charge in [0.15, 0.2) is 0 Å². The largest absolute Gasteiger partial charge is 0.423 e. The minimum Gasteiger partial charge on any atom is -0.423 e. The molecule has 0 atom stereocenters.